The molecular formula is C15H13Br2FO2. The Bertz CT molecular complexity index is 600. The molecule has 0 aliphatic rings. The minimum absolute atomic E-state index is 0.0970. The summed E-state index contributed by atoms with van der Waals surface area (Å²) >= 11 is 7.10. The van der Waals surface area contributed by atoms with Gasteiger partial charge in [-0.3, -0.25) is 0 Å². The fraction of sp³-hybridized carbons (Fsp3) is 0.200. The Kier molecular flexibility index (Phi) is 5.05. The lowest BCUT2D eigenvalue weighted by atomic mass is 10.0. The summed E-state index contributed by atoms with van der Waals surface area (Å²) < 4.78 is 24.5. The second-order valence-electron chi connectivity index (χ2n) is 4.12. The van der Waals surface area contributed by atoms with E-state index in [2.05, 4.69) is 31.9 Å². The summed E-state index contributed by atoms with van der Waals surface area (Å²) in [6, 6.07) is 10.1. The fourth-order valence-corrected chi connectivity index (χ4v) is 3.28. The van der Waals surface area contributed by atoms with Crippen molar-refractivity contribution >= 4 is 31.9 Å². The van der Waals surface area contributed by atoms with Crippen LogP contribution in [0.15, 0.2) is 40.9 Å². The van der Waals surface area contributed by atoms with Crippen LogP contribution >= 0.6 is 31.9 Å². The van der Waals surface area contributed by atoms with Crippen LogP contribution in [-0.2, 0) is 0 Å². The molecule has 2 nitrogen and oxygen atoms in total. The predicted molar refractivity (Wildman–Crippen MR) is 84.4 cm³/mol. The molecule has 2 aromatic carbocycles. The normalized spacial score (nSPS) is 12.1. The van der Waals surface area contributed by atoms with Gasteiger partial charge in [0.15, 0.2) is 0 Å². The van der Waals surface area contributed by atoms with Crippen molar-refractivity contribution in [3.8, 4) is 11.5 Å². The maximum Gasteiger partial charge on any atom is 0.141 e. The smallest absolute Gasteiger partial charge is 0.141 e. The van der Waals surface area contributed by atoms with E-state index in [1.165, 1.54) is 12.1 Å². The van der Waals surface area contributed by atoms with E-state index in [1.807, 2.05) is 12.1 Å². The number of rotatable bonds is 4. The first-order valence-corrected chi connectivity index (χ1v) is 7.59. The lowest BCUT2D eigenvalue weighted by Gasteiger charge is -2.17. The molecule has 1 unspecified atom stereocenters. The van der Waals surface area contributed by atoms with Gasteiger partial charge >= 0.3 is 0 Å². The van der Waals surface area contributed by atoms with Crippen molar-refractivity contribution in [2.75, 3.05) is 14.2 Å². The summed E-state index contributed by atoms with van der Waals surface area (Å²) in [6.07, 6.45) is 0. The van der Waals surface area contributed by atoms with Crippen molar-refractivity contribution in [1.29, 1.82) is 0 Å². The van der Waals surface area contributed by atoms with E-state index in [1.54, 1.807) is 26.4 Å². The molecular weight excluding hydrogens is 391 g/mol. The molecule has 0 saturated heterocycles. The molecule has 0 heterocycles. The summed E-state index contributed by atoms with van der Waals surface area (Å²) in [5, 5.41) is 0. The average molecular weight is 404 g/mol. The van der Waals surface area contributed by atoms with Gasteiger partial charge in [-0.2, -0.15) is 0 Å². The topological polar surface area (TPSA) is 18.5 Å². The van der Waals surface area contributed by atoms with Crippen molar-refractivity contribution in [3.05, 3.63) is 57.8 Å². The summed E-state index contributed by atoms with van der Waals surface area (Å²) in [5.74, 6) is 1.14. The molecule has 1 atom stereocenters. The number of benzene rings is 2. The highest BCUT2D eigenvalue weighted by molar-refractivity contribution is 9.10. The zero-order valence-electron chi connectivity index (χ0n) is 11.0. The van der Waals surface area contributed by atoms with Crippen molar-refractivity contribution in [1.82, 2.24) is 0 Å². The van der Waals surface area contributed by atoms with Crippen LogP contribution in [-0.4, -0.2) is 14.2 Å². The Morgan fingerprint density at radius 2 is 1.65 bits per heavy atom. The van der Waals surface area contributed by atoms with Crippen LogP contribution in [0.2, 0.25) is 0 Å². The summed E-state index contributed by atoms with van der Waals surface area (Å²) in [6.45, 7) is 0. The maximum atomic E-state index is 13.0. The molecule has 0 aliphatic heterocycles. The molecule has 5 heteroatoms. The summed E-state index contributed by atoms with van der Waals surface area (Å²) in [7, 11) is 3.21. The predicted octanol–water partition coefficient (Wildman–Crippen LogP) is 5.09. The molecule has 2 aromatic rings. The third-order valence-electron chi connectivity index (χ3n) is 2.95. The number of ether oxygens (including phenoxy) is 2. The molecule has 0 amide bonds. The first-order valence-electron chi connectivity index (χ1n) is 5.88. The second kappa shape index (κ2) is 6.59. The Hall–Kier alpha value is -1.07. The van der Waals surface area contributed by atoms with E-state index >= 15 is 0 Å². The molecule has 2 rings (SSSR count). The zero-order chi connectivity index (χ0) is 14.7. The molecule has 0 aromatic heterocycles. The van der Waals surface area contributed by atoms with Crippen LogP contribution in [0.25, 0.3) is 0 Å². The number of hydrogen-bond acceptors (Lipinski definition) is 2. The summed E-state index contributed by atoms with van der Waals surface area (Å²) in [4.78, 5) is -0.0970. The summed E-state index contributed by atoms with van der Waals surface area (Å²) in [5.41, 5.74) is 1.88. The number of methoxy groups -OCH3 is 2. The molecule has 0 fully saturated rings. The minimum atomic E-state index is -0.253. The van der Waals surface area contributed by atoms with Crippen LogP contribution in [0.5, 0.6) is 11.5 Å². The van der Waals surface area contributed by atoms with Gasteiger partial charge in [0.1, 0.15) is 21.8 Å². The maximum absolute atomic E-state index is 13.0. The minimum Gasteiger partial charge on any atom is -0.495 e. The Morgan fingerprint density at radius 1 is 1.00 bits per heavy atom. The number of hydrogen-bond donors (Lipinski definition) is 0. The number of halogens is 3. The molecule has 0 spiro atoms. The van der Waals surface area contributed by atoms with E-state index in [9.17, 15) is 4.39 Å². The number of alkyl halides is 1. The SMILES string of the molecule is COc1ccc(C(Br)c2ccc(F)cc2)c(OC)c1Br. The van der Waals surface area contributed by atoms with E-state index < -0.39 is 0 Å². The van der Waals surface area contributed by atoms with Crippen molar-refractivity contribution in [3.63, 3.8) is 0 Å². The third kappa shape index (κ3) is 2.99. The van der Waals surface area contributed by atoms with Crippen LogP contribution in [0, 0.1) is 5.82 Å². The van der Waals surface area contributed by atoms with E-state index in [4.69, 9.17) is 9.47 Å². The molecule has 0 aliphatic carbocycles. The fourth-order valence-electron chi connectivity index (χ4n) is 1.93. The van der Waals surface area contributed by atoms with Gasteiger partial charge in [0.05, 0.1) is 19.0 Å². The first kappa shape index (κ1) is 15.3. The van der Waals surface area contributed by atoms with Gasteiger partial charge < -0.3 is 9.47 Å². The van der Waals surface area contributed by atoms with Gasteiger partial charge in [-0.1, -0.05) is 34.1 Å². The van der Waals surface area contributed by atoms with E-state index in [0.29, 0.717) is 11.5 Å². The van der Waals surface area contributed by atoms with Gasteiger partial charge in [-0.05, 0) is 39.7 Å². The van der Waals surface area contributed by atoms with Gasteiger partial charge in [0, 0.05) is 5.56 Å². The monoisotopic (exact) mass is 402 g/mol. The zero-order valence-corrected chi connectivity index (χ0v) is 14.2. The Labute approximate surface area is 134 Å². The van der Waals surface area contributed by atoms with Crippen molar-refractivity contribution in [2.45, 2.75) is 4.83 Å². The molecule has 0 saturated carbocycles. The largest absolute Gasteiger partial charge is 0.495 e. The van der Waals surface area contributed by atoms with Crippen LogP contribution < -0.4 is 9.47 Å². The lowest BCUT2D eigenvalue weighted by molar-refractivity contribution is 0.386. The first-order chi connectivity index (χ1) is 9.58. The van der Waals surface area contributed by atoms with Crippen LogP contribution in [0.3, 0.4) is 0 Å². The van der Waals surface area contributed by atoms with Gasteiger partial charge in [0.25, 0.3) is 0 Å². The molecule has 0 N–H and O–H groups in total. The van der Waals surface area contributed by atoms with Crippen molar-refractivity contribution in [2.24, 2.45) is 0 Å². The average Bonchev–Trinajstić information content (AvgIpc) is 2.47. The molecule has 0 radical (unpaired) electrons. The standard InChI is InChI=1S/C15H13Br2FO2/c1-19-12-8-7-11(15(20-2)14(12)17)13(16)9-3-5-10(18)6-4-9/h3-8,13H,1-2H3. The second-order valence-corrected chi connectivity index (χ2v) is 5.83. The van der Waals surface area contributed by atoms with Crippen LogP contribution in [0.4, 0.5) is 4.39 Å². The van der Waals surface area contributed by atoms with Gasteiger partial charge in [-0.15, -0.1) is 0 Å². The molecule has 20 heavy (non-hydrogen) atoms. The van der Waals surface area contributed by atoms with Gasteiger partial charge in [0.2, 0.25) is 0 Å². The van der Waals surface area contributed by atoms with Crippen molar-refractivity contribution < 1.29 is 13.9 Å². The van der Waals surface area contributed by atoms with E-state index in [0.717, 1.165) is 15.6 Å². The highest BCUT2D eigenvalue weighted by Crippen LogP contribution is 2.44. The quantitative estimate of drug-likeness (QED) is 0.662. The molecule has 106 valence electrons. The van der Waals surface area contributed by atoms with Crippen LogP contribution in [0.1, 0.15) is 16.0 Å². The highest BCUT2D eigenvalue weighted by Gasteiger charge is 2.19. The Balaban J connectivity index is 2.46. The lowest BCUT2D eigenvalue weighted by Crippen LogP contribution is -1.99. The van der Waals surface area contributed by atoms with Gasteiger partial charge in [-0.25, -0.2) is 4.39 Å². The highest BCUT2D eigenvalue weighted by atomic mass is 79.9. The van der Waals surface area contributed by atoms with E-state index in [-0.39, 0.29) is 10.6 Å². The molecule has 0 bridgehead atoms. The Morgan fingerprint density at radius 3 is 2.20 bits per heavy atom. The third-order valence-corrected chi connectivity index (χ3v) is 4.72.